The molecule has 0 amide bonds. The van der Waals surface area contributed by atoms with Gasteiger partial charge in [-0.25, -0.2) is 0 Å². The molecule has 0 rings (SSSR count). The molecular formula is C4H11Br2NO3. The first-order valence-electron chi connectivity index (χ1n) is 2.46. The first-order chi connectivity index (χ1) is 4.50. The topological polar surface area (TPSA) is 69.6 Å². The van der Waals surface area contributed by atoms with Crippen LogP contribution in [-0.4, -0.2) is 35.1 Å². The van der Waals surface area contributed by atoms with Crippen molar-refractivity contribution in [1.29, 1.82) is 0 Å². The van der Waals surface area contributed by atoms with Gasteiger partial charge in [-0.3, -0.25) is 0 Å². The van der Waals surface area contributed by atoms with Crippen molar-refractivity contribution in [3.8, 4) is 0 Å². The number of hydrogen-bond acceptors (Lipinski definition) is 4. The number of nitrogens with zero attached hydrogens (tertiary/aromatic N) is 1. The van der Waals surface area contributed by atoms with Gasteiger partial charge >= 0.3 is 14.8 Å². The summed E-state index contributed by atoms with van der Waals surface area (Å²) < 4.78 is 24.3. The molecule has 64 valence electrons. The Morgan fingerprint density at radius 2 is 1.80 bits per heavy atom. The molecule has 0 saturated heterocycles. The molecule has 0 aliphatic rings. The summed E-state index contributed by atoms with van der Waals surface area (Å²) in [6, 6.07) is 0. The maximum Gasteiger partial charge on any atom is 0.433 e. The van der Waals surface area contributed by atoms with Crippen LogP contribution in [0.4, 0.5) is 0 Å². The van der Waals surface area contributed by atoms with Crippen molar-refractivity contribution in [3.05, 3.63) is 0 Å². The fraction of sp³-hybridized carbons (Fsp3) is 1.00. The molecule has 0 heterocycles. The lowest BCUT2D eigenvalue weighted by Crippen LogP contribution is -2.30. The summed E-state index contributed by atoms with van der Waals surface area (Å²) in [5.41, 5.74) is 0. The second-order valence-corrected chi connectivity index (χ2v) is 3.33. The Morgan fingerprint density at radius 1 is 1.50 bits per heavy atom. The van der Waals surface area contributed by atoms with Gasteiger partial charge in [0.25, 0.3) is 0 Å². The Balaban J connectivity index is 0. The lowest BCUT2D eigenvalue weighted by molar-refractivity contribution is -1.63. The van der Waals surface area contributed by atoms with Crippen molar-refractivity contribution in [2.45, 2.75) is 0 Å². The molecule has 1 N–H and O–H groups in total. The Labute approximate surface area is 74.4 Å². The first-order valence-corrected chi connectivity index (χ1v) is 5.58. The van der Waals surface area contributed by atoms with Crippen molar-refractivity contribution < 1.29 is 27.4 Å². The Hall–Kier alpha value is 0.800. The Kier molecular flexibility index (Phi) is 13.1. The van der Waals surface area contributed by atoms with Crippen molar-refractivity contribution in [3.63, 3.8) is 0 Å². The van der Waals surface area contributed by atoms with E-state index in [9.17, 15) is 0 Å². The molecule has 0 spiro atoms. The van der Waals surface area contributed by atoms with Gasteiger partial charge in [-0.1, -0.05) is 15.9 Å². The third kappa shape index (κ3) is 37.1. The van der Waals surface area contributed by atoms with Gasteiger partial charge < -0.3 is 13.3 Å². The first kappa shape index (κ1) is 13.4. The fourth-order valence-electron chi connectivity index (χ4n) is 0.169. The summed E-state index contributed by atoms with van der Waals surface area (Å²) in [6.45, 7) is 1.12. The monoisotopic (exact) mass is 279 g/mol. The van der Waals surface area contributed by atoms with E-state index < -0.39 is 14.8 Å². The van der Waals surface area contributed by atoms with Crippen LogP contribution in [0, 0.1) is 14.8 Å². The summed E-state index contributed by atoms with van der Waals surface area (Å²) in [6.07, 6.45) is 0. The lowest BCUT2D eigenvalue weighted by atomic mass is 10.7. The molecule has 0 radical (unpaired) electrons. The maximum absolute atomic E-state index is 8.63. The number of alkyl halides is 1. The van der Waals surface area contributed by atoms with Crippen molar-refractivity contribution in [2.75, 3.05) is 26.0 Å². The quantitative estimate of drug-likeness (QED) is 0.595. The van der Waals surface area contributed by atoms with Gasteiger partial charge in [0, 0.05) is 11.9 Å². The summed E-state index contributed by atoms with van der Waals surface area (Å²) >= 11 is -0.0876. The van der Waals surface area contributed by atoms with E-state index in [1.165, 1.54) is 0 Å². The summed E-state index contributed by atoms with van der Waals surface area (Å²) in [7, 11) is 4.11. The normalized spacial score (nSPS) is 9.60. The number of halogens is 2. The van der Waals surface area contributed by atoms with Gasteiger partial charge in [0.05, 0.1) is 0 Å². The molecule has 6 heteroatoms. The molecule has 0 fully saturated rings. The third-order valence-electron chi connectivity index (χ3n) is 0.532. The molecule has 10 heavy (non-hydrogen) atoms. The largest absolute Gasteiger partial charge is 0.433 e. The van der Waals surface area contributed by atoms with E-state index in [0.29, 0.717) is 0 Å². The molecule has 0 bridgehead atoms. The standard InChI is InChI=1S/C4H10BrN.BrHO3/c1-6(2)4-3-5;2-1(3)4/h3-4H2,1-2H3;2H. The molecule has 0 unspecified atom stereocenters. The molecule has 0 aliphatic carbocycles. The predicted octanol–water partition coefficient (Wildman–Crippen LogP) is -1.99. The van der Waals surface area contributed by atoms with Gasteiger partial charge in [0.15, 0.2) is 0 Å². The average Bonchev–Trinajstić information content (AvgIpc) is 1.62. The van der Waals surface area contributed by atoms with E-state index in [-0.39, 0.29) is 0 Å². The van der Waals surface area contributed by atoms with Gasteiger partial charge in [-0.15, -0.1) is 0 Å². The van der Waals surface area contributed by atoms with E-state index >= 15 is 0 Å². The molecule has 0 aromatic carbocycles. The highest BCUT2D eigenvalue weighted by Gasteiger charge is 1.86. The second kappa shape index (κ2) is 9.80. The van der Waals surface area contributed by atoms with Crippen LogP contribution in [0.2, 0.25) is 0 Å². The zero-order chi connectivity index (χ0) is 8.57. The molecule has 0 saturated carbocycles. The van der Waals surface area contributed by atoms with Crippen LogP contribution >= 0.6 is 15.9 Å². The minimum absolute atomic E-state index is 1.07. The van der Waals surface area contributed by atoms with E-state index in [1.807, 2.05) is 0 Å². The number of rotatable bonds is 2. The second-order valence-electron chi connectivity index (χ2n) is 1.69. The molecule has 4 nitrogen and oxygen atoms in total. The zero-order valence-corrected chi connectivity index (χ0v) is 9.05. The van der Waals surface area contributed by atoms with Gasteiger partial charge in [-0.05, 0) is 18.3 Å². The van der Waals surface area contributed by atoms with Gasteiger partial charge in [0.1, 0.15) is 0 Å². The number of hydrogen-bond donors (Lipinski definition) is 1. The summed E-state index contributed by atoms with van der Waals surface area (Å²) in [5.74, 6) is 0. The zero-order valence-electron chi connectivity index (χ0n) is 5.88. The highest BCUT2D eigenvalue weighted by atomic mass is 80.0. The Morgan fingerprint density at radius 3 is 1.80 bits per heavy atom. The van der Waals surface area contributed by atoms with E-state index in [1.54, 1.807) is 0 Å². The van der Waals surface area contributed by atoms with Gasteiger partial charge in [0.2, 0.25) is 0 Å². The molecule has 0 atom stereocenters. The van der Waals surface area contributed by atoms with Crippen LogP contribution < -0.4 is 8.40 Å². The highest BCUT2D eigenvalue weighted by Crippen LogP contribution is 1.79. The van der Waals surface area contributed by atoms with Crippen LogP contribution in [0.15, 0.2) is 0 Å². The fourth-order valence-corrected chi connectivity index (χ4v) is 0.878. The van der Waals surface area contributed by atoms with Crippen LogP contribution in [0.5, 0.6) is 0 Å². The molecular weight excluding hydrogens is 270 g/mol. The summed E-state index contributed by atoms with van der Waals surface area (Å²) in [4.78, 5) is 2.13. The van der Waals surface area contributed by atoms with E-state index in [0.717, 1.165) is 11.9 Å². The average molecular weight is 281 g/mol. The van der Waals surface area contributed by atoms with Crippen molar-refractivity contribution in [2.24, 2.45) is 0 Å². The highest BCUT2D eigenvalue weighted by molar-refractivity contribution is 9.09. The smallest absolute Gasteiger partial charge is 0.372 e. The van der Waals surface area contributed by atoms with Crippen molar-refractivity contribution in [1.82, 2.24) is 4.90 Å². The van der Waals surface area contributed by atoms with E-state index in [4.69, 9.17) is 12.6 Å². The molecule has 0 aromatic rings. The maximum atomic E-state index is 8.63. The lowest BCUT2D eigenvalue weighted by Gasteiger charge is -2.03. The SMILES string of the molecule is CN(C)CCBr.[O-][Br+2]([O-])O. The third-order valence-corrected chi connectivity index (χ3v) is 0.886. The van der Waals surface area contributed by atoms with Crippen LogP contribution in [0.3, 0.4) is 0 Å². The Bertz CT molecular complexity index is 59.7. The minimum Gasteiger partial charge on any atom is -0.372 e. The van der Waals surface area contributed by atoms with Gasteiger partial charge in [-0.2, -0.15) is 0 Å². The van der Waals surface area contributed by atoms with Crippen LogP contribution in [0.25, 0.3) is 0 Å². The molecule has 0 aliphatic heterocycles. The van der Waals surface area contributed by atoms with Crippen molar-refractivity contribution >= 4 is 15.9 Å². The predicted molar refractivity (Wildman–Crippen MR) is 34.6 cm³/mol. The summed E-state index contributed by atoms with van der Waals surface area (Å²) in [5, 5.41) is 1.07. The molecule has 0 aromatic heterocycles. The van der Waals surface area contributed by atoms with E-state index in [2.05, 4.69) is 34.9 Å². The minimum atomic E-state index is -3.40. The van der Waals surface area contributed by atoms with Crippen LogP contribution in [0.1, 0.15) is 0 Å². The van der Waals surface area contributed by atoms with Crippen LogP contribution in [-0.2, 0) is 0 Å².